The Morgan fingerprint density at radius 3 is 2.07 bits per heavy atom. The van der Waals surface area contributed by atoms with Gasteiger partial charge in [0.1, 0.15) is 5.60 Å². The zero-order chi connectivity index (χ0) is 31.4. The SMILES string of the molecule is CC(C)c1cc(C2=CCCN(C(=O)OC(C)(C)C)C2)cc(C(C)C)c1CC(=O)N(c1ccc(CN(C)C)cc1)S(=O)[O-]. The molecule has 230 valence electrons. The number of amides is 2. The maximum atomic E-state index is 13.6. The van der Waals surface area contributed by atoms with Crippen molar-refractivity contribution in [1.29, 1.82) is 0 Å². The quantitative estimate of drug-likeness (QED) is 0.312. The molecule has 1 unspecified atom stereocenters. The molecule has 0 fully saturated rings. The fourth-order valence-corrected chi connectivity index (χ4v) is 5.74. The molecule has 42 heavy (non-hydrogen) atoms. The summed E-state index contributed by atoms with van der Waals surface area (Å²) in [6.45, 7) is 15.6. The number of benzene rings is 2. The Morgan fingerprint density at radius 2 is 1.60 bits per heavy atom. The number of ether oxygens (including phenoxy) is 1. The molecule has 0 saturated heterocycles. The highest BCUT2D eigenvalue weighted by Crippen LogP contribution is 2.34. The highest BCUT2D eigenvalue weighted by atomic mass is 32.2. The van der Waals surface area contributed by atoms with Crippen LogP contribution in [0.25, 0.3) is 5.57 Å². The van der Waals surface area contributed by atoms with E-state index >= 15 is 0 Å². The van der Waals surface area contributed by atoms with Gasteiger partial charge in [0.25, 0.3) is 0 Å². The predicted octanol–water partition coefficient (Wildman–Crippen LogP) is 6.39. The van der Waals surface area contributed by atoms with Crippen LogP contribution in [0.3, 0.4) is 0 Å². The van der Waals surface area contributed by atoms with Crippen LogP contribution in [0.1, 0.15) is 94.5 Å². The lowest BCUT2D eigenvalue weighted by atomic mass is 9.83. The molecule has 3 rings (SSSR count). The molecule has 1 atom stereocenters. The predicted molar refractivity (Wildman–Crippen MR) is 169 cm³/mol. The second-order valence-corrected chi connectivity index (χ2v) is 13.6. The third-order valence-electron chi connectivity index (χ3n) is 7.11. The first-order chi connectivity index (χ1) is 19.6. The average Bonchev–Trinajstić information content (AvgIpc) is 2.88. The number of rotatable bonds is 9. The molecular formula is C33H46N3O5S-. The summed E-state index contributed by atoms with van der Waals surface area (Å²) >= 11 is -2.77. The summed E-state index contributed by atoms with van der Waals surface area (Å²) in [5.74, 6) is -0.325. The smallest absolute Gasteiger partial charge is 0.410 e. The third-order valence-corrected chi connectivity index (χ3v) is 7.82. The first kappa shape index (κ1) is 33.5. The fourth-order valence-electron chi connectivity index (χ4n) is 5.21. The average molecular weight is 597 g/mol. The molecule has 0 radical (unpaired) electrons. The Kier molecular flexibility index (Phi) is 11.1. The first-order valence-electron chi connectivity index (χ1n) is 14.6. The lowest BCUT2D eigenvalue weighted by Gasteiger charge is -2.31. The first-order valence-corrected chi connectivity index (χ1v) is 15.6. The van der Waals surface area contributed by atoms with Crippen molar-refractivity contribution in [3.05, 3.63) is 70.3 Å². The van der Waals surface area contributed by atoms with E-state index in [-0.39, 0.29) is 24.3 Å². The Bertz CT molecular complexity index is 1300. The monoisotopic (exact) mass is 596 g/mol. The molecule has 0 spiro atoms. The lowest BCUT2D eigenvalue weighted by Crippen LogP contribution is -2.39. The van der Waals surface area contributed by atoms with Gasteiger partial charge in [-0.3, -0.25) is 9.00 Å². The summed E-state index contributed by atoms with van der Waals surface area (Å²) in [6, 6.07) is 11.2. The number of hydrogen-bond donors (Lipinski definition) is 0. The van der Waals surface area contributed by atoms with Crippen LogP contribution in [-0.2, 0) is 33.8 Å². The van der Waals surface area contributed by atoms with Gasteiger partial charge in [-0.25, -0.2) is 9.10 Å². The van der Waals surface area contributed by atoms with Crippen molar-refractivity contribution in [2.45, 2.75) is 85.3 Å². The van der Waals surface area contributed by atoms with E-state index in [4.69, 9.17) is 4.74 Å². The van der Waals surface area contributed by atoms with Crippen molar-refractivity contribution in [2.24, 2.45) is 0 Å². The van der Waals surface area contributed by atoms with E-state index in [0.717, 1.165) is 44.1 Å². The topological polar surface area (TPSA) is 93.2 Å². The maximum absolute atomic E-state index is 13.6. The molecule has 0 aliphatic carbocycles. The lowest BCUT2D eigenvalue weighted by molar-refractivity contribution is -0.116. The minimum absolute atomic E-state index is 0.0438. The van der Waals surface area contributed by atoms with E-state index in [1.165, 1.54) is 0 Å². The molecular weight excluding hydrogens is 550 g/mol. The van der Waals surface area contributed by atoms with Crippen LogP contribution >= 0.6 is 0 Å². The molecule has 1 heterocycles. The maximum Gasteiger partial charge on any atom is 0.410 e. The zero-order valence-electron chi connectivity index (χ0n) is 26.5. The summed E-state index contributed by atoms with van der Waals surface area (Å²) in [4.78, 5) is 30.2. The minimum atomic E-state index is -2.77. The number of carbonyl (C=O) groups is 2. The van der Waals surface area contributed by atoms with Gasteiger partial charge in [0, 0.05) is 19.6 Å². The number of hydrogen-bond acceptors (Lipinski definition) is 6. The molecule has 0 bridgehead atoms. The number of carbonyl (C=O) groups excluding carboxylic acids is 2. The van der Waals surface area contributed by atoms with Gasteiger partial charge < -0.3 is 19.1 Å². The second-order valence-electron chi connectivity index (χ2n) is 12.8. The van der Waals surface area contributed by atoms with Crippen molar-refractivity contribution in [2.75, 3.05) is 31.5 Å². The van der Waals surface area contributed by atoms with Crippen molar-refractivity contribution < 1.29 is 23.1 Å². The van der Waals surface area contributed by atoms with Gasteiger partial charge in [0.05, 0.1) is 23.4 Å². The molecule has 8 nitrogen and oxygen atoms in total. The molecule has 2 aromatic carbocycles. The second kappa shape index (κ2) is 14.0. The van der Waals surface area contributed by atoms with Crippen LogP contribution in [0.2, 0.25) is 0 Å². The van der Waals surface area contributed by atoms with Gasteiger partial charge in [-0.1, -0.05) is 58.0 Å². The number of anilines is 1. The molecule has 0 saturated carbocycles. The van der Waals surface area contributed by atoms with Crippen LogP contribution in [0.5, 0.6) is 0 Å². The van der Waals surface area contributed by atoms with E-state index in [9.17, 15) is 18.4 Å². The highest BCUT2D eigenvalue weighted by molar-refractivity contribution is 7.81. The van der Waals surface area contributed by atoms with Gasteiger partial charge in [-0.15, -0.1) is 0 Å². The van der Waals surface area contributed by atoms with Crippen LogP contribution < -0.4 is 4.31 Å². The minimum Gasteiger partial charge on any atom is -0.755 e. The van der Waals surface area contributed by atoms with Crippen molar-refractivity contribution >= 4 is 34.5 Å². The largest absolute Gasteiger partial charge is 0.755 e. The van der Waals surface area contributed by atoms with E-state index in [0.29, 0.717) is 25.3 Å². The van der Waals surface area contributed by atoms with E-state index in [1.807, 2.05) is 51.9 Å². The number of nitrogens with zero attached hydrogens (tertiary/aromatic N) is 3. The van der Waals surface area contributed by atoms with Crippen molar-refractivity contribution in [3.63, 3.8) is 0 Å². The standard InChI is InChI=1S/C33H47N3O5S/c1-22(2)28-17-26(25-11-10-16-35(21-25)32(38)41-33(5,6)7)18-29(23(3)4)30(28)19-31(37)36(42(39)40)27-14-12-24(13-15-27)20-34(8)9/h11-15,17-18,22-23H,10,16,19-21H2,1-9H3,(H,39,40)/p-1. The molecule has 2 amide bonds. The third kappa shape index (κ3) is 8.75. The summed E-state index contributed by atoms with van der Waals surface area (Å²) in [6.07, 6.45) is 2.51. The highest BCUT2D eigenvalue weighted by Gasteiger charge is 2.27. The van der Waals surface area contributed by atoms with Gasteiger partial charge >= 0.3 is 6.09 Å². The summed E-state index contributed by atoms with van der Waals surface area (Å²) in [5, 5.41) is 0. The molecule has 2 aromatic rings. The Balaban J connectivity index is 1.96. The normalized spacial score (nSPS) is 14.8. The van der Waals surface area contributed by atoms with Crippen LogP contribution in [-0.4, -0.2) is 63.3 Å². The van der Waals surface area contributed by atoms with Crippen molar-refractivity contribution in [1.82, 2.24) is 9.80 Å². The Morgan fingerprint density at radius 1 is 1.02 bits per heavy atom. The Labute approximate surface area is 254 Å². The van der Waals surface area contributed by atoms with Crippen LogP contribution in [0.4, 0.5) is 10.5 Å². The summed E-state index contributed by atoms with van der Waals surface area (Å²) < 4.78 is 31.1. The van der Waals surface area contributed by atoms with Crippen LogP contribution in [0.15, 0.2) is 42.5 Å². The molecule has 1 aliphatic rings. The van der Waals surface area contributed by atoms with E-state index < -0.39 is 22.8 Å². The van der Waals surface area contributed by atoms with Gasteiger partial charge in [0.2, 0.25) is 5.91 Å². The van der Waals surface area contributed by atoms with Crippen LogP contribution in [0, 0.1) is 0 Å². The summed E-state index contributed by atoms with van der Waals surface area (Å²) in [5.41, 5.74) is 5.66. The zero-order valence-corrected chi connectivity index (χ0v) is 27.3. The molecule has 9 heteroatoms. The summed E-state index contributed by atoms with van der Waals surface area (Å²) in [7, 11) is 3.92. The van der Waals surface area contributed by atoms with Gasteiger partial charge in [-0.05, 0) is 98.6 Å². The fraction of sp³-hybridized carbons (Fsp3) is 0.515. The Hall–Kier alpha value is -3.01. The van der Waals surface area contributed by atoms with Crippen molar-refractivity contribution in [3.8, 4) is 0 Å². The van der Waals surface area contributed by atoms with E-state index in [1.54, 1.807) is 17.0 Å². The van der Waals surface area contributed by atoms with Gasteiger partial charge in [0.15, 0.2) is 0 Å². The van der Waals surface area contributed by atoms with E-state index in [2.05, 4.69) is 45.9 Å². The molecule has 1 aliphatic heterocycles. The molecule has 0 N–H and O–H groups in total. The van der Waals surface area contributed by atoms with Gasteiger partial charge in [-0.2, -0.15) is 0 Å². The molecule has 0 aromatic heterocycles.